The summed E-state index contributed by atoms with van der Waals surface area (Å²) < 4.78 is 0. The van der Waals surface area contributed by atoms with Crippen LogP contribution >= 0.6 is 11.3 Å². The Kier molecular flexibility index (Phi) is 4.21. The van der Waals surface area contributed by atoms with Crippen molar-refractivity contribution in [3.8, 4) is 0 Å². The van der Waals surface area contributed by atoms with Crippen LogP contribution in [0, 0.1) is 0 Å². The summed E-state index contributed by atoms with van der Waals surface area (Å²) in [6.45, 7) is 7.53. The molecule has 0 fully saturated rings. The van der Waals surface area contributed by atoms with Crippen LogP contribution in [0.4, 0.5) is 0 Å². The summed E-state index contributed by atoms with van der Waals surface area (Å²) in [4.78, 5) is 6.36. The molecule has 1 aliphatic carbocycles. The Balaban J connectivity index is 2.02. The number of nitrogens with one attached hydrogen (secondary N) is 1. The summed E-state index contributed by atoms with van der Waals surface area (Å²) >= 11 is 1.92. The van der Waals surface area contributed by atoms with E-state index in [1.165, 1.54) is 49.2 Å². The van der Waals surface area contributed by atoms with Gasteiger partial charge in [0, 0.05) is 17.0 Å². The zero-order valence-electron chi connectivity index (χ0n) is 11.3. The van der Waals surface area contributed by atoms with Crippen LogP contribution in [0.2, 0.25) is 0 Å². The van der Waals surface area contributed by atoms with E-state index in [2.05, 4.69) is 26.1 Å². The summed E-state index contributed by atoms with van der Waals surface area (Å²) in [5, 5.41) is 4.80. The molecule has 2 rings (SSSR count). The van der Waals surface area contributed by atoms with Gasteiger partial charge in [-0.25, -0.2) is 4.98 Å². The first kappa shape index (κ1) is 13.0. The molecule has 0 bridgehead atoms. The molecule has 1 aromatic heterocycles. The van der Waals surface area contributed by atoms with Gasteiger partial charge < -0.3 is 5.32 Å². The summed E-state index contributed by atoms with van der Waals surface area (Å²) in [6, 6.07) is 0. The van der Waals surface area contributed by atoms with E-state index < -0.39 is 0 Å². The predicted molar refractivity (Wildman–Crippen MR) is 74.6 cm³/mol. The lowest BCUT2D eigenvalue weighted by Gasteiger charge is -2.19. The van der Waals surface area contributed by atoms with Crippen LogP contribution in [0.15, 0.2) is 0 Å². The van der Waals surface area contributed by atoms with Gasteiger partial charge in [-0.3, -0.25) is 0 Å². The van der Waals surface area contributed by atoms with Crippen LogP contribution in [-0.2, 0) is 19.4 Å². The fourth-order valence-corrected chi connectivity index (χ4v) is 3.27. The molecule has 0 amide bonds. The van der Waals surface area contributed by atoms with Gasteiger partial charge >= 0.3 is 0 Å². The maximum absolute atomic E-state index is 4.81. The average Bonchev–Trinajstić information content (AvgIpc) is 2.56. The van der Waals surface area contributed by atoms with Gasteiger partial charge in [0.05, 0.1) is 5.69 Å². The Morgan fingerprint density at radius 1 is 1.12 bits per heavy atom. The number of hydrogen-bond acceptors (Lipinski definition) is 3. The lowest BCUT2D eigenvalue weighted by molar-refractivity contribution is 0.423. The number of rotatable bonds is 2. The van der Waals surface area contributed by atoms with Crippen LogP contribution in [0.25, 0.3) is 0 Å². The van der Waals surface area contributed by atoms with E-state index in [1.807, 2.05) is 11.3 Å². The number of aromatic nitrogens is 1. The monoisotopic (exact) mass is 252 g/mol. The van der Waals surface area contributed by atoms with Crippen molar-refractivity contribution < 1.29 is 0 Å². The smallest absolute Gasteiger partial charge is 0.107 e. The van der Waals surface area contributed by atoms with Gasteiger partial charge in [-0.2, -0.15) is 0 Å². The molecular weight excluding hydrogens is 228 g/mol. The van der Waals surface area contributed by atoms with Crippen molar-refractivity contribution in [1.29, 1.82) is 0 Å². The number of fused-ring (bicyclic) bond motifs is 1. The average molecular weight is 252 g/mol. The molecule has 96 valence electrons. The first-order chi connectivity index (χ1) is 8.04. The minimum atomic E-state index is 0.181. The third kappa shape index (κ3) is 4.07. The maximum Gasteiger partial charge on any atom is 0.107 e. The number of hydrogen-bond donors (Lipinski definition) is 1. The van der Waals surface area contributed by atoms with Crippen LogP contribution in [0.5, 0.6) is 0 Å². The molecule has 0 saturated carbocycles. The first-order valence-corrected chi connectivity index (χ1v) is 7.59. The van der Waals surface area contributed by atoms with Crippen molar-refractivity contribution in [3.05, 3.63) is 15.6 Å². The van der Waals surface area contributed by atoms with Crippen molar-refractivity contribution >= 4 is 11.3 Å². The Morgan fingerprint density at radius 2 is 1.82 bits per heavy atom. The molecule has 17 heavy (non-hydrogen) atoms. The Bertz CT molecular complexity index is 337. The van der Waals surface area contributed by atoms with Crippen molar-refractivity contribution in [1.82, 2.24) is 10.3 Å². The van der Waals surface area contributed by atoms with Crippen molar-refractivity contribution in [3.63, 3.8) is 0 Å². The topological polar surface area (TPSA) is 24.9 Å². The second kappa shape index (κ2) is 5.49. The van der Waals surface area contributed by atoms with Crippen LogP contribution in [0.1, 0.15) is 62.0 Å². The van der Waals surface area contributed by atoms with E-state index in [4.69, 9.17) is 4.98 Å². The lowest BCUT2D eigenvalue weighted by Crippen LogP contribution is -2.35. The summed E-state index contributed by atoms with van der Waals surface area (Å²) in [7, 11) is 0. The van der Waals surface area contributed by atoms with Gasteiger partial charge in [0.2, 0.25) is 0 Å². The number of aryl methyl sites for hydroxylation is 2. The molecule has 1 heterocycles. The molecule has 0 aromatic carbocycles. The second-order valence-corrected chi connectivity index (χ2v) is 7.16. The summed E-state index contributed by atoms with van der Waals surface area (Å²) in [5.41, 5.74) is 1.57. The molecule has 2 nitrogen and oxygen atoms in total. The fourth-order valence-electron chi connectivity index (χ4n) is 2.18. The molecule has 3 heteroatoms. The highest BCUT2D eigenvalue weighted by molar-refractivity contribution is 7.11. The molecule has 0 saturated heterocycles. The highest BCUT2D eigenvalue weighted by Crippen LogP contribution is 2.25. The van der Waals surface area contributed by atoms with E-state index >= 15 is 0 Å². The zero-order chi connectivity index (χ0) is 12.3. The van der Waals surface area contributed by atoms with Crippen molar-refractivity contribution in [2.45, 2.75) is 71.4 Å². The fraction of sp³-hybridized carbons (Fsp3) is 0.786. The molecule has 1 aromatic rings. The van der Waals surface area contributed by atoms with Crippen molar-refractivity contribution in [2.75, 3.05) is 0 Å². The van der Waals surface area contributed by atoms with E-state index in [-0.39, 0.29) is 5.54 Å². The van der Waals surface area contributed by atoms with E-state index in [0.717, 1.165) is 6.54 Å². The Labute approximate surface area is 109 Å². The van der Waals surface area contributed by atoms with Gasteiger partial charge in [0.1, 0.15) is 5.01 Å². The van der Waals surface area contributed by atoms with Gasteiger partial charge in [0.15, 0.2) is 0 Å². The van der Waals surface area contributed by atoms with E-state index in [1.54, 1.807) is 4.88 Å². The minimum Gasteiger partial charge on any atom is -0.306 e. The number of thiazole rings is 1. The third-order valence-electron chi connectivity index (χ3n) is 3.16. The van der Waals surface area contributed by atoms with E-state index in [9.17, 15) is 0 Å². The van der Waals surface area contributed by atoms with Gasteiger partial charge in [-0.1, -0.05) is 12.8 Å². The highest BCUT2D eigenvalue weighted by atomic mass is 32.1. The molecule has 0 unspecified atom stereocenters. The molecule has 1 aliphatic rings. The minimum absolute atomic E-state index is 0.181. The summed E-state index contributed by atoms with van der Waals surface area (Å²) in [6.07, 6.45) is 7.90. The molecule has 1 N–H and O–H groups in total. The number of nitrogens with zero attached hydrogens (tertiary/aromatic N) is 1. The predicted octanol–water partition coefficient (Wildman–Crippen LogP) is 3.69. The molecular formula is C14H24N2S. The van der Waals surface area contributed by atoms with Crippen LogP contribution in [-0.4, -0.2) is 10.5 Å². The van der Waals surface area contributed by atoms with Crippen molar-refractivity contribution in [2.24, 2.45) is 0 Å². The maximum atomic E-state index is 4.81. The molecule has 0 aliphatic heterocycles. The zero-order valence-corrected chi connectivity index (χ0v) is 12.1. The second-order valence-electron chi connectivity index (χ2n) is 6.00. The Morgan fingerprint density at radius 3 is 2.53 bits per heavy atom. The standard InChI is InChI=1S/C14H24N2S/c1-14(2,3)15-10-13-16-11-8-6-4-5-7-9-12(11)17-13/h15H,4-10H2,1-3H3. The summed E-state index contributed by atoms with van der Waals surface area (Å²) in [5.74, 6) is 0. The normalized spacial score (nSPS) is 17.4. The van der Waals surface area contributed by atoms with E-state index in [0.29, 0.717) is 0 Å². The molecule has 0 radical (unpaired) electrons. The van der Waals surface area contributed by atoms with Gasteiger partial charge in [0.25, 0.3) is 0 Å². The molecule has 0 atom stereocenters. The third-order valence-corrected chi connectivity index (χ3v) is 4.32. The highest BCUT2D eigenvalue weighted by Gasteiger charge is 2.15. The first-order valence-electron chi connectivity index (χ1n) is 6.77. The quantitative estimate of drug-likeness (QED) is 0.868. The largest absolute Gasteiger partial charge is 0.306 e. The van der Waals surface area contributed by atoms with Crippen LogP contribution in [0.3, 0.4) is 0 Å². The Hall–Kier alpha value is -0.410. The van der Waals surface area contributed by atoms with Gasteiger partial charge in [-0.15, -0.1) is 11.3 Å². The van der Waals surface area contributed by atoms with Crippen LogP contribution < -0.4 is 5.32 Å². The lowest BCUT2D eigenvalue weighted by atomic mass is 10.0. The van der Waals surface area contributed by atoms with Gasteiger partial charge in [-0.05, 0) is 46.5 Å². The molecule has 0 spiro atoms. The SMILES string of the molecule is CC(C)(C)NCc1nc2c(s1)CCCCCC2.